The molecule has 0 bridgehead atoms. The van der Waals surface area contributed by atoms with Gasteiger partial charge >= 0.3 is 5.97 Å². The van der Waals surface area contributed by atoms with Crippen molar-refractivity contribution >= 4 is 17.6 Å². The van der Waals surface area contributed by atoms with Crippen molar-refractivity contribution in [2.24, 2.45) is 0 Å². The maximum Gasteiger partial charge on any atom is 0.329 e. The van der Waals surface area contributed by atoms with Crippen LogP contribution in [0.15, 0.2) is 12.1 Å². The highest BCUT2D eigenvalue weighted by atomic mass is 35.5. The molecule has 1 aromatic carbocycles. The van der Waals surface area contributed by atoms with Gasteiger partial charge in [-0.15, -0.1) is 0 Å². The molecule has 0 aliphatic rings. The zero-order chi connectivity index (χ0) is 13.9. The van der Waals surface area contributed by atoms with Crippen LogP contribution < -0.4 is 0 Å². The van der Waals surface area contributed by atoms with E-state index in [1.807, 2.05) is 0 Å². The molecule has 0 spiro atoms. The maximum atomic E-state index is 13.5. The first-order chi connectivity index (χ1) is 8.24. The smallest absolute Gasteiger partial charge is 0.329 e. The number of alkyl halides is 2. The van der Waals surface area contributed by atoms with E-state index in [9.17, 15) is 22.4 Å². The van der Waals surface area contributed by atoms with Crippen LogP contribution in [0.25, 0.3) is 0 Å². The van der Waals surface area contributed by atoms with Crippen molar-refractivity contribution in [3.63, 3.8) is 0 Å². The predicted molar refractivity (Wildman–Crippen MR) is 53.7 cm³/mol. The van der Waals surface area contributed by atoms with Crippen LogP contribution in [-0.4, -0.2) is 24.3 Å². The van der Waals surface area contributed by atoms with Crippen LogP contribution in [0, 0.1) is 11.6 Å². The van der Waals surface area contributed by atoms with Crippen molar-refractivity contribution < 1.29 is 32.2 Å². The van der Waals surface area contributed by atoms with Crippen molar-refractivity contribution in [3.05, 3.63) is 34.4 Å². The number of hydrogen-bond donors (Lipinski definition) is 1. The second kappa shape index (κ2) is 5.53. The average Bonchev–Trinajstić information content (AvgIpc) is 2.22. The van der Waals surface area contributed by atoms with Gasteiger partial charge in [0.2, 0.25) is 0 Å². The van der Waals surface area contributed by atoms with Crippen LogP contribution in [0.4, 0.5) is 17.6 Å². The molecule has 0 heterocycles. The molecule has 0 atom stereocenters. The van der Waals surface area contributed by atoms with Gasteiger partial charge in [-0.25, -0.2) is 13.6 Å². The van der Waals surface area contributed by atoms with Crippen molar-refractivity contribution in [2.45, 2.75) is 5.92 Å². The van der Waals surface area contributed by atoms with Crippen molar-refractivity contribution in [2.75, 3.05) is 13.2 Å². The second-order valence-corrected chi connectivity index (χ2v) is 3.74. The molecule has 0 aliphatic heterocycles. The molecule has 0 aromatic heterocycles. The molecule has 1 N–H and O–H groups in total. The Morgan fingerprint density at radius 2 is 1.89 bits per heavy atom. The Morgan fingerprint density at radius 3 is 2.44 bits per heavy atom. The number of halogens is 5. The van der Waals surface area contributed by atoms with E-state index in [1.54, 1.807) is 0 Å². The van der Waals surface area contributed by atoms with Gasteiger partial charge in [-0.3, -0.25) is 0 Å². The van der Waals surface area contributed by atoms with E-state index >= 15 is 0 Å². The van der Waals surface area contributed by atoms with Crippen molar-refractivity contribution in [3.8, 4) is 0 Å². The fourth-order valence-corrected chi connectivity index (χ4v) is 1.44. The lowest BCUT2D eigenvalue weighted by molar-refractivity contribution is -0.147. The van der Waals surface area contributed by atoms with Gasteiger partial charge in [-0.2, -0.15) is 8.78 Å². The Labute approximate surface area is 104 Å². The molecule has 0 radical (unpaired) electrons. The molecular weight excluding hydrogens is 280 g/mol. The minimum atomic E-state index is -3.72. The number of carboxylic acid groups (broad SMARTS) is 1. The van der Waals surface area contributed by atoms with Crippen LogP contribution in [0.3, 0.4) is 0 Å². The number of aliphatic carboxylic acids is 1. The Kier molecular flexibility index (Phi) is 4.53. The van der Waals surface area contributed by atoms with E-state index < -0.39 is 47.3 Å². The van der Waals surface area contributed by atoms with Crippen LogP contribution >= 0.6 is 11.6 Å². The lowest BCUT2D eigenvalue weighted by atomic mass is 10.1. The van der Waals surface area contributed by atoms with Gasteiger partial charge in [0.25, 0.3) is 5.92 Å². The topological polar surface area (TPSA) is 46.5 Å². The van der Waals surface area contributed by atoms with Crippen LogP contribution in [0.1, 0.15) is 5.56 Å². The van der Waals surface area contributed by atoms with Crippen molar-refractivity contribution in [1.29, 1.82) is 0 Å². The van der Waals surface area contributed by atoms with Crippen LogP contribution in [0.5, 0.6) is 0 Å². The minimum Gasteiger partial charge on any atom is -0.480 e. The summed E-state index contributed by atoms with van der Waals surface area (Å²) in [7, 11) is 0. The zero-order valence-electron chi connectivity index (χ0n) is 8.72. The summed E-state index contributed by atoms with van der Waals surface area (Å²) in [6.07, 6.45) is 0. The third-order valence-electron chi connectivity index (χ3n) is 1.91. The Balaban J connectivity index is 2.90. The van der Waals surface area contributed by atoms with Gasteiger partial charge < -0.3 is 9.84 Å². The van der Waals surface area contributed by atoms with Crippen LogP contribution in [-0.2, 0) is 15.5 Å². The molecule has 1 rings (SSSR count). The van der Waals surface area contributed by atoms with Gasteiger partial charge in [0, 0.05) is 5.56 Å². The monoisotopic (exact) mass is 286 g/mol. The number of benzene rings is 1. The first-order valence-electron chi connectivity index (χ1n) is 4.56. The highest BCUT2D eigenvalue weighted by Gasteiger charge is 2.35. The average molecular weight is 287 g/mol. The Hall–Kier alpha value is -1.34. The number of carbonyl (C=O) groups is 1. The first-order valence-corrected chi connectivity index (χ1v) is 4.94. The van der Waals surface area contributed by atoms with Crippen LogP contribution in [0.2, 0.25) is 5.02 Å². The molecule has 0 saturated carbocycles. The predicted octanol–water partition coefficient (Wildman–Crippen LogP) is 2.81. The minimum absolute atomic E-state index is 0.252. The summed E-state index contributed by atoms with van der Waals surface area (Å²) in [6.45, 7) is -2.24. The summed E-state index contributed by atoms with van der Waals surface area (Å²) in [5.41, 5.74) is -0.964. The second-order valence-electron chi connectivity index (χ2n) is 3.34. The van der Waals surface area contributed by atoms with Gasteiger partial charge in [-0.05, 0) is 12.1 Å². The quantitative estimate of drug-likeness (QED) is 0.669. The Bertz CT molecular complexity index is 465. The molecule has 0 unspecified atom stereocenters. The third-order valence-corrected chi connectivity index (χ3v) is 2.23. The fourth-order valence-electron chi connectivity index (χ4n) is 1.15. The summed E-state index contributed by atoms with van der Waals surface area (Å²) in [6, 6.07) is 0.666. The normalized spacial score (nSPS) is 11.6. The standard InChI is InChI=1S/C10H7ClF4O3/c11-6-2-8(13)7(12)1-5(6)10(14,15)4-18-3-9(16)17/h1-2H,3-4H2,(H,16,17). The molecule has 8 heteroatoms. The maximum absolute atomic E-state index is 13.5. The van der Waals surface area contributed by atoms with E-state index in [2.05, 4.69) is 4.74 Å². The van der Waals surface area contributed by atoms with Gasteiger partial charge in [0.05, 0.1) is 5.02 Å². The molecule has 0 saturated heterocycles. The summed E-state index contributed by atoms with van der Waals surface area (Å²) in [5, 5.41) is 7.54. The van der Waals surface area contributed by atoms with Gasteiger partial charge in [0.1, 0.15) is 13.2 Å². The number of ether oxygens (including phenoxy) is 1. The van der Waals surface area contributed by atoms with Gasteiger partial charge in [0.15, 0.2) is 11.6 Å². The molecule has 18 heavy (non-hydrogen) atoms. The first kappa shape index (κ1) is 14.7. The third kappa shape index (κ3) is 3.58. The van der Waals surface area contributed by atoms with E-state index in [0.29, 0.717) is 6.07 Å². The molecular formula is C10H7ClF4O3. The fraction of sp³-hybridized carbons (Fsp3) is 0.300. The van der Waals surface area contributed by atoms with E-state index in [4.69, 9.17) is 16.7 Å². The molecule has 0 aliphatic carbocycles. The summed E-state index contributed by atoms with van der Waals surface area (Å²) in [4.78, 5) is 10.1. The number of hydrogen-bond acceptors (Lipinski definition) is 2. The molecule has 0 amide bonds. The summed E-state index contributed by atoms with van der Waals surface area (Å²) >= 11 is 5.37. The molecule has 100 valence electrons. The van der Waals surface area contributed by atoms with E-state index in [-0.39, 0.29) is 6.07 Å². The highest BCUT2D eigenvalue weighted by molar-refractivity contribution is 6.31. The van der Waals surface area contributed by atoms with Gasteiger partial charge in [-0.1, -0.05) is 11.6 Å². The summed E-state index contributed by atoms with van der Waals surface area (Å²) < 4.78 is 56.7. The molecule has 0 fully saturated rings. The highest BCUT2D eigenvalue weighted by Crippen LogP contribution is 2.34. The lowest BCUT2D eigenvalue weighted by Gasteiger charge is -2.17. The molecule has 3 nitrogen and oxygen atoms in total. The summed E-state index contributed by atoms with van der Waals surface area (Å²) in [5.74, 6) is -7.98. The lowest BCUT2D eigenvalue weighted by Crippen LogP contribution is -2.24. The van der Waals surface area contributed by atoms with E-state index in [1.165, 1.54) is 0 Å². The number of rotatable bonds is 5. The largest absolute Gasteiger partial charge is 0.480 e. The number of carboxylic acids is 1. The zero-order valence-corrected chi connectivity index (χ0v) is 9.48. The SMILES string of the molecule is O=C(O)COCC(F)(F)c1cc(F)c(F)cc1Cl. The van der Waals surface area contributed by atoms with E-state index in [0.717, 1.165) is 0 Å². The Morgan fingerprint density at radius 1 is 1.33 bits per heavy atom. The molecule has 1 aromatic rings. The van der Waals surface area contributed by atoms with Crippen molar-refractivity contribution in [1.82, 2.24) is 0 Å².